The van der Waals surface area contributed by atoms with Gasteiger partial charge in [-0.05, 0) is 55.5 Å². The number of ether oxygens (including phenoxy) is 1. The molecule has 0 fully saturated rings. The summed E-state index contributed by atoms with van der Waals surface area (Å²) in [5, 5.41) is 0. The second-order valence-corrected chi connectivity index (χ2v) is 4.04. The third-order valence-electron chi connectivity index (χ3n) is 2.89. The van der Waals surface area contributed by atoms with E-state index in [0.29, 0.717) is 19.1 Å². The van der Waals surface area contributed by atoms with Crippen LogP contribution in [0.5, 0.6) is 5.75 Å². The first-order valence-electron chi connectivity index (χ1n) is 5.41. The molecule has 1 aliphatic heterocycles. The lowest BCUT2D eigenvalue weighted by Crippen LogP contribution is -2.11. The third kappa shape index (κ3) is 2.48. The molecule has 1 atom stereocenters. The molecule has 1 aromatic rings. The van der Waals surface area contributed by atoms with Gasteiger partial charge in [0.05, 0.1) is 6.61 Å². The number of halogens is 1. The molecule has 15 heavy (non-hydrogen) atoms. The second kappa shape index (κ2) is 4.62. The maximum Gasteiger partial charge on any atom is 0.123 e. The van der Waals surface area contributed by atoms with Crippen LogP contribution in [0.15, 0.2) is 18.2 Å². The Morgan fingerprint density at radius 1 is 1.47 bits per heavy atom. The molecule has 0 saturated heterocycles. The fourth-order valence-electron chi connectivity index (χ4n) is 2.08. The van der Waals surface area contributed by atoms with Gasteiger partial charge in [0.25, 0.3) is 0 Å². The predicted molar refractivity (Wildman–Crippen MR) is 57.4 cm³/mol. The second-order valence-electron chi connectivity index (χ2n) is 4.04. The van der Waals surface area contributed by atoms with Crippen molar-refractivity contribution in [3.63, 3.8) is 0 Å². The Bertz CT molecular complexity index is 340. The average molecular weight is 209 g/mol. The van der Waals surface area contributed by atoms with E-state index in [9.17, 15) is 4.39 Å². The Morgan fingerprint density at radius 3 is 3.13 bits per heavy atom. The van der Waals surface area contributed by atoms with Gasteiger partial charge in [0, 0.05) is 0 Å². The van der Waals surface area contributed by atoms with E-state index in [-0.39, 0.29) is 5.82 Å². The summed E-state index contributed by atoms with van der Waals surface area (Å²) in [6.45, 7) is 1.40. The molecule has 2 nitrogen and oxygen atoms in total. The minimum Gasteiger partial charge on any atom is -0.493 e. The smallest absolute Gasteiger partial charge is 0.123 e. The molecule has 2 N–H and O–H groups in total. The molecule has 0 aliphatic carbocycles. The third-order valence-corrected chi connectivity index (χ3v) is 2.89. The predicted octanol–water partition coefficient (Wildman–Crippen LogP) is 2.12. The van der Waals surface area contributed by atoms with Crippen LogP contribution < -0.4 is 10.5 Å². The van der Waals surface area contributed by atoms with E-state index in [1.165, 1.54) is 6.07 Å². The molecule has 3 heteroatoms. The van der Waals surface area contributed by atoms with Gasteiger partial charge in [0.1, 0.15) is 11.6 Å². The van der Waals surface area contributed by atoms with E-state index in [0.717, 1.165) is 30.6 Å². The Kier molecular flexibility index (Phi) is 3.21. The summed E-state index contributed by atoms with van der Waals surface area (Å²) in [6, 6.07) is 4.74. The van der Waals surface area contributed by atoms with Crippen molar-refractivity contribution in [1.29, 1.82) is 0 Å². The molecule has 0 amide bonds. The molecular weight excluding hydrogens is 193 g/mol. The zero-order chi connectivity index (χ0) is 10.7. The number of hydrogen-bond acceptors (Lipinski definition) is 2. The van der Waals surface area contributed by atoms with Crippen molar-refractivity contribution in [1.82, 2.24) is 0 Å². The van der Waals surface area contributed by atoms with Crippen LogP contribution in [0.3, 0.4) is 0 Å². The van der Waals surface area contributed by atoms with Crippen LogP contribution >= 0.6 is 0 Å². The minimum absolute atomic E-state index is 0.189. The first-order chi connectivity index (χ1) is 7.29. The van der Waals surface area contributed by atoms with Crippen LogP contribution in [0.4, 0.5) is 4.39 Å². The van der Waals surface area contributed by atoms with E-state index in [1.54, 1.807) is 12.1 Å². The molecule has 2 rings (SSSR count). The Balaban J connectivity index is 2.19. The van der Waals surface area contributed by atoms with E-state index in [1.807, 2.05) is 0 Å². The molecule has 0 saturated carbocycles. The largest absolute Gasteiger partial charge is 0.493 e. The minimum atomic E-state index is -0.189. The first kappa shape index (κ1) is 10.4. The maximum atomic E-state index is 13.1. The quantitative estimate of drug-likeness (QED) is 0.809. The highest BCUT2D eigenvalue weighted by Crippen LogP contribution is 2.28. The summed E-state index contributed by atoms with van der Waals surface area (Å²) in [5.41, 5.74) is 6.52. The fraction of sp³-hybridized carbons (Fsp3) is 0.500. The standard InChI is InChI=1S/C12H16FNO/c13-11-1-2-12-10(8-11)7-9(3-5-14)4-6-15-12/h1-2,8-9H,3-7,14H2. The molecule has 0 spiro atoms. The van der Waals surface area contributed by atoms with Gasteiger partial charge in [-0.25, -0.2) is 4.39 Å². The highest BCUT2D eigenvalue weighted by Gasteiger charge is 2.17. The summed E-state index contributed by atoms with van der Waals surface area (Å²) >= 11 is 0. The fourth-order valence-corrected chi connectivity index (χ4v) is 2.08. The number of fused-ring (bicyclic) bond motifs is 1. The molecule has 1 aromatic carbocycles. The molecule has 0 aromatic heterocycles. The zero-order valence-electron chi connectivity index (χ0n) is 8.71. The van der Waals surface area contributed by atoms with Crippen LogP contribution in [0.2, 0.25) is 0 Å². The van der Waals surface area contributed by atoms with Crippen molar-refractivity contribution in [3.05, 3.63) is 29.6 Å². The van der Waals surface area contributed by atoms with Gasteiger partial charge in [0.15, 0.2) is 0 Å². The van der Waals surface area contributed by atoms with Crippen LogP contribution in [0.1, 0.15) is 18.4 Å². The van der Waals surface area contributed by atoms with E-state index >= 15 is 0 Å². The lowest BCUT2D eigenvalue weighted by Gasteiger charge is -2.11. The van der Waals surface area contributed by atoms with Crippen LogP contribution in [-0.2, 0) is 6.42 Å². The van der Waals surface area contributed by atoms with Gasteiger partial charge in [0.2, 0.25) is 0 Å². The summed E-state index contributed by atoms with van der Waals surface area (Å²) in [6.07, 6.45) is 2.87. The van der Waals surface area contributed by atoms with Gasteiger partial charge in [-0.3, -0.25) is 0 Å². The maximum absolute atomic E-state index is 13.1. The molecule has 1 aliphatic rings. The number of nitrogens with two attached hydrogens (primary N) is 1. The average Bonchev–Trinajstić information content (AvgIpc) is 2.39. The Morgan fingerprint density at radius 2 is 2.33 bits per heavy atom. The van der Waals surface area contributed by atoms with Crippen molar-refractivity contribution in [2.75, 3.05) is 13.2 Å². The normalized spacial score (nSPS) is 20.3. The lowest BCUT2D eigenvalue weighted by molar-refractivity contribution is 0.291. The Labute approximate surface area is 89.2 Å². The number of rotatable bonds is 2. The van der Waals surface area contributed by atoms with Crippen molar-refractivity contribution < 1.29 is 9.13 Å². The molecule has 1 heterocycles. The monoisotopic (exact) mass is 209 g/mol. The summed E-state index contributed by atoms with van der Waals surface area (Å²) in [7, 11) is 0. The summed E-state index contributed by atoms with van der Waals surface area (Å²) in [4.78, 5) is 0. The molecule has 82 valence electrons. The van der Waals surface area contributed by atoms with Gasteiger partial charge in [-0.15, -0.1) is 0 Å². The summed E-state index contributed by atoms with van der Waals surface area (Å²) in [5.74, 6) is 1.17. The van der Waals surface area contributed by atoms with Gasteiger partial charge < -0.3 is 10.5 Å². The van der Waals surface area contributed by atoms with Gasteiger partial charge in [-0.2, -0.15) is 0 Å². The van der Waals surface area contributed by atoms with Crippen LogP contribution in [0.25, 0.3) is 0 Å². The zero-order valence-corrected chi connectivity index (χ0v) is 8.71. The number of hydrogen-bond donors (Lipinski definition) is 1. The van der Waals surface area contributed by atoms with Gasteiger partial charge >= 0.3 is 0 Å². The van der Waals surface area contributed by atoms with Crippen molar-refractivity contribution >= 4 is 0 Å². The molecule has 0 radical (unpaired) electrons. The van der Waals surface area contributed by atoms with E-state index < -0.39 is 0 Å². The molecular formula is C12H16FNO. The SMILES string of the molecule is NCCC1CCOc2ccc(F)cc2C1. The number of benzene rings is 1. The van der Waals surface area contributed by atoms with Crippen LogP contribution in [-0.4, -0.2) is 13.2 Å². The first-order valence-corrected chi connectivity index (χ1v) is 5.41. The van der Waals surface area contributed by atoms with E-state index in [2.05, 4.69) is 0 Å². The highest BCUT2D eigenvalue weighted by atomic mass is 19.1. The molecule has 0 bridgehead atoms. The summed E-state index contributed by atoms with van der Waals surface area (Å²) < 4.78 is 18.6. The van der Waals surface area contributed by atoms with Crippen molar-refractivity contribution in [3.8, 4) is 5.75 Å². The highest BCUT2D eigenvalue weighted by molar-refractivity contribution is 5.35. The van der Waals surface area contributed by atoms with E-state index in [4.69, 9.17) is 10.5 Å². The van der Waals surface area contributed by atoms with Crippen LogP contribution in [0, 0.1) is 11.7 Å². The Hall–Kier alpha value is -1.09. The topological polar surface area (TPSA) is 35.2 Å². The van der Waals surface area contributed by atoms with Crippen molar-refractivity contribution in [2.45, 2.75) is 19.3 Å². The molecule has 1 unspecified atom stereocenters. The lowest BCUT2D eigenvalue weighted by atomic mass is 9.94. The van der Waals surface area contributed by atoms with Crippen molar-refractivity contribution in [2.24, 2.45) is 11.7 Å². The van der Waals surface area contributed by atoms with Gasteiger partial charge in [-0.1, -0.05) is 0 Å².